The molecule has 1 atom stereocenters. The van der Waals surface area contributed by atoms with Crippen LogP contribution in [0.1, 0.15) is 32.3 Å². The smallest absolute Gasteiger partial charge is 0.410 e. The molecular weight excluding hydrogens is 292 g/mol. The highest BCUT2D eigenvalue weighted by Gasteiger charge is 2.34. The SMILES string of the molecule is CC(C)COC(=O)N1CCC[C@@H]1C(=O)NCCc1ccccc1. The van der Waals surface area contributed by atoms with Crippen molar-refractivity contribution in [2.24, 2.45) is 5.92 Å². The van der Waals surface area contributed by atoms with Crippen molar-refractivity contribution >= 4 is 12.0 Å². The quantitative estimate of drug-likeness (QED) is 0.877. The van der Waals surface area contributed by atoms with E-state index in [-0.39, 0.29) is 12.0 Å². The highest BCUT2D eigenvalue weighted by atomic mass is 16.6. The summed E-state index contributed by atoms with van der Waals surface area (Å²) in [5, 5.41) is 2.93. The third kappa shape index (κ3) is 5.27. The Morgan fingerprint density at radius 1 is 1.30 bits per heavy atom. The molecule has 0 unspecified atom stereocenters. The van der Waals surface area contributed by atoms with Crippen molar-refractivity contribution in [1.29, 1.82) is 0 Å². The lowest BCUT2D eigenvalue weighted by atomic mass is 10.1. The van der Waals surface area contributed by atoms with Gasteiger partial charge in [-0.3, -0.25) is 9.69 Å². The zero-order valence-corrected chi connectivity index (χ0v) is 14.0. The molecule has 0 spiro atoms. The standard InChI is InChI=1S/C18H26N2O3/c1-14(2)13-23-18(22)20-12-6-9-16(20)17(21)19-11-10-15-7-4-3-5-8-15/h3-5,7-8,14,16H,6,9-13H2,1-2H3,(H,19,21)/t16-/m1/s1. The van der Waals surface area contributed by atoms with Crippen molar-refractivity contribution in [3.8, 4) is 0 Å². The molecule has 1 N–H and O–H groups in total. The Kier molecular flexibility index (Phi) is 6.44. The predicted molar refractivity (Wildman–Crippen MR) is 89.1 cm³/mol. The number of nitrogens with one attached hydrogen (secondary N) is 1. The van der Waals surface area contributed by atoms with E-state index in [1.54, 1.807) is 4.90 Å². The van der Waals surface area contributed by atoms with Gasteiger partial charge in [0.2, 0.25) is 5.91 Å². The first-order chi connectivity index (χ1) is 11.1. The van der Waals surface area contributed by atoms with Gasteiger partial charge in [-0.2, -0.15) is 0 Å². The minimum absolute atomic E-state index is 0.0834. The van der Waals surface area contributed by atoms with E-state index in [2.05, 4.69) is 5.32 Å². The molecule has 0 radical (unpaired) electrons. The lowest BCUT2D eigenvalue weighted by Crippen LogP contribution is -2.46. The third-order valence-corrected chi connectivity index (χ3v) is 3.89. The van der Waals surface area contributed by atoms with E-state index in [4.69, 9.17) is 4.74 Å². The minimum atomic E-state index is -0.398. The van der Waals surface area contributed by atoms with Crippen molar-refractivity contribution in [2.45, 2.75) is 39.2 Å². The fourth-order valence-electron chi connectivity index (χ4n) is 2.67. The Hall–Kier alpha value is -2.04. The molecule has 1 fully saturated rings. The zero-order chi connectivity index (χ0) is 16.7. The Bertz CT molecular complexity index is 516. The highest BCUT2D eigenvalue weighted by molar-refractivity contribution is 5.86. The van der Waals surface area contributed by atoms with Crippen LogP contribution in [0.2, 0.25) is 0 Å². The molecular formula is C18H26N2O3. The van der Waals surface area contributed by atoms with Gasteiger partial charge in [-0.25, -0.2) is 4.79 Å². The molecule has 1 aliphatic heterocycles. The zero-order valence-electron chi connectivity index (χ0n) is 14.0. The summed E-state index contributed by atoms with van der Waals surface area (Å²) in [4.78, 5) is 26.0. The van der Waals surface area contributed by atoms with E-state index >= 15 is 0 Å². The van der Waals surface area contributed by atoms with Gasteiger partial charge in [-0.05, 0) is 30.7 Å². The lowest BCUT2D eigenvalue weighted by molar-refractivity contribution is -0.125. The molecule has 5 nitrogen and oxygen atoms in total. The summed E-state index contributed by atoms with van der Waals surface area (Å²) in [6, 6.07) is 9.63. The van der Waals surface area contributed by atoms with Gasteiger partial charge < -0.3 is 10.1 Å². The maximum absolute atomic E-state index is 12.3. The van der Waals surface area contributed by atoms with Gasteiger partial charge in [0.15, 0.2) is 0 Å². The molecule has 0 aromatic heterocycles. The van der Waals surface area contributed by atoms with Gasteiger partial charge in [0, 0.05) is 13.1 Å². The van der Waals surface area contributed by atoms with Gasteiger partial charge in [0.25, 0.3) is 0 Å². The monoisotopic (exact) mass is 318 g/mol. The second kappa shape index (κ2) is 8.56. The minimum Gasteiger partial charge on any atom is -0.449 e. The number of hydrogen-bond donors (Lipinski definition) is 1. The number of benzene rings is 1. The molecule has 1 aromatic rings. The summed E-state index contributed by atoms with van der Waals surface area (Å²) in [5.74, 6) is 0.208. The van der Waals surface area contributed by atoms with E-state index in [0.717, 1.165) is 12.8 Å². The summed E-state index contributed by atoms with van der Waals surface area (Å²) in [6.45, 7) is 5.54. The molecule has 0 bridgehead atoms. The summed E-state index contributed by atoms with van der Waals surface area (Å²) in [5.41, 5.74) is 1.19. The lowest BCUT2D eigenvalue weighted by Gasteiger charge is -2.23. The predicted octanol–water partition coefficient (Wildman–Crippen LogP) is 2.60. The molecule has 1 saturated heterocycles. The number of likely N-dealkylation sites (tertiary alicyclic amines) is 1. The van der Waals surface area contributed by atoms with Crippen molar-refractivity contribution in [3.05, 3.63) is 35.9 Å². The topological polar surface area (TPSA) is 58.6 Å². The molecule has 5 heteroatoms. The van der Waals surface area contributed by atoms with Crippen LogP contribution in [0.5, 0.6) is 0 Å². The number of nitrogens with zero attached hydrogens (tertiary/aromatic N) is 1. The molecule has 1 heterocycles. The van der Waals surface area contributed by atoms with E-state index in [1.165, 1.54) is 5.56 Å². The van der Waals surface area contributed by atoms with Crippen LogP contribution in [-0.4, -0.2) is 42.6 Å². The fraction of sp³-hybridized carbons (Fsp3) is 0.556. The van der Waals surface area contributed by atoms with Crippen molar-refractivity contribution < 1.29 is 14.3 Å². The van der Waals surface area contributed by atoms with Gasteiger partial charge in [0.05, 0.1) is 6.61 Å². The van der Waals surface area contributed by atoms with Crippen LogP contribution in [-0.2, 0) is 16.0 Å². The van der Waals surface area contributed by atoms with Crippen LogP contribution in [0, 0.1) is 5.92 Å². The highest BCUT2D eigenvalue weighted by Crippen LogP contribution is 2.18. The summed E-state index contributed by atoms with van der Waals surface area (Å²) in [7, 11) is 0. The normalized spacial score (nSPS) is 17.3. The average molecular weight is 318 g/mol. The van der Waals surface area contributed by atoms with Gasteiger partial charge in [-0.1, -0.05) is 44.2 Å². The number of hydrogen-bond acceptors (Lipinski definition) is 3. The van der Waals surface area contributed by atoms with Crippen molar-refractivity contribution in [3.63, 3.8) is 0 Å². The first-order valence-electron chi connectivity index (χ1n) is 8.33. The first kappa shape index (κ1) is 17.3. The molecule has 0 aliphatic carbocycles. The Balaban J connectivity index is 1.79. The number of ether oxygens (including phenoxy) is 1. The maximum Gasteiger partial charge on any atom is 0.410 e. The van der Waals surface area contributed by atoms with Crippen molar-refractivity contribution in [2.75, 3.05) is 19.7 Å². The van der Waals surface area contributed by atoms with Crippen molar-refractivity contribution in [1.82, 2.24) is 10.2 Å². The van der Waals surface area contributed by atoms with Crippen LogP contribution < -0.4 is 5.32 Å². The van der Waals surface area contributed by atoms with E-state index in [1.807, 2.05) is 44.2 Å². The molecule has 2 rings (SSSR count). The molecule has 1 aromatic carbocycles. The number of carbonyl (C=O) groups excluding carboxylic acids is 2. The Labute approximate surface area is 138 Å². The molecule has 126 valence electrons. The first-order valence-corrected chi connectivity index (χ1v) is 8.33. The second-order valence-electron chi connectivity index (χ2n) is 6.35. The fourth-order valence-corrected chi connectivity index (χ4v) is 2.67. The Morgan fingerprint density at radius 3 is 2.74 bits per heavy atom. The summed E-state index contributed by atoms with van der Waals surface area (Å²) < 4.78 is 5.25. The van der Waals surface area contributed by atoms with Gasteiger partial charge >= 0.3 is 6.09 Å². The van der Waals surface area contributed by atoms with Crippen LogP contribution >= 0.6 is 0 Å². The largest absolute Gasteiger partial charge is 0.449 e. The van der Waals surface area contributed by atoms with Gasteiger partial charge in [-0.15, -0.1) is 0 Å². The number of rotatable bonds is 6. The van der Waals surface area contributed by atoms with Gasteiger partial charge in [0.1, 0.15) is 6.04 Å². The third-order valence-electron chi connectivity index (χ3n) is 3.89. The van der Waals surface area contributed by atoms with E-state index < -0.39 is 6.04 Å². The number of amides is 2. The van der Waals surface area contributed by atoms with E-state index in [0.29, 0.717) is 32.0 Å². The molecule has 23 heavy (non-hydrogen) atoms. The van der Waals surface area contributed by atoms with Crippen LogP contribution in [0.3, 0.4) is 0 Å². The van der Waals surface area contributed by atoms with E-state index in [9.17, 15) is 9.59 Å². The second-order valence-corrected chi connectivity index (χ2v) is 6.35. The molecule has 0 saturated carbocycles. The number of carbonyl (C=O) groups is 2. The molecule has 2 amide bonds. The van der Waals surface area contributed by atoms with Crippen LogP contribution in [0.4, 0.5) is 4.79 Å². The summed E-state index contributed by atoms with van der Waals surface area (Å²) in [6.07, 6.45) is 1.96. The maximum atomic E-state index is 12.3. The summed E-state index contributed by atoms with van der Waals surface area (Å²) >= 11 is 0. The Morgan fingerprint density at radius 2 is 2.04 bits per heavy atom. The van der Waals surface area contributed by atoms with Crippen LogP contribution in [0.25, 0.3) is 0 Å². The average Bonchev–Trinajstić information content (AvgIpc) is 3.03. The molecule has 1 aliphatic rings. The van der Waals surface area contributed by atoms with Crippen LogP contribution in [0.15, 0.2) is 30.3 Å².